The van der Waals surface area contributed by atoms with Crippen LogP contribution in [0.1, 0.15) is 18.4 Å². The van der Waals surface area contributed by atoms with Gasteiger partial charge in [-0.25, -0.2) is 0 Å². The summed E-state index contributed by atoms with van der Waals surface area (Å²) in [5, 5.41) is 0. The molecule has 1 heterocycles. The van der Waals surface area contributed by atoms with Crippen LogP contribution in [0.5, 0.6) is 0 Å². The molecule has 0 aliphatic carbocycles. The number of nitrogens with two attached hydrogens (primary N) is 1. The Morgan fingerprint density at radius 1 is 1.64 bits per heavy atom. The van der Waals surface area contributed by atoms with Crippen LogP contribution in [0.4, 0.5) is 0 Å². The number of ether oxygens (including phenoxy) is 1. The molecule has 0 bridgehead atoms. The second kappa shape index (κ2) is 5.44. The molecule has 0 radical (unpaired) electrons. The Balaban J connectivity index is 2.27. The molecule has 0 aliphatic heterocycles. The highest BCUT2D eigenvalue weighted by molar-refractivity contribution is 5.68. The molecule has 4 heteroatoms. The average molecular weight is 196 g/mol. The number of aryl methyl sites for hydroxylation is 1. The minimum Gasteiger partial charge on any atom is -0.469 e. The van der Waals surface area contributed by atoms with Gasteiger partial charge in [0.15, 0.2) is 0 Å². The molecule has 0 saturated heterocycles. The molecule has 14 heavy (non-hydrogen) atoms. The third-order valence-corrected chi connectivity index (χ3v) is 2.07. The van der Waals surface area contributed by atoms with Crippen molar-refractivity contribution < 1.29 is 9.53 Å². The fourth-order valence-electron chi connectivity index (χ4n) is 1.26. The molecule has 0 spiro atoms. The molecule has 0 unspecified atom stereocenters. The van der Waals surface area contributed by atoms with E-state index in [0.29, 0.717) is 13.0 Å². The van der Waals surface area contributed by atoms with Gasteiger partial charge in [0, 0.05) is 31.9 Å². The second-order valence-corrected chi connectivity index (χ2v) is 3.14. The van der Waals surface area contributed by atoms with E-state index in [9.17, 15) is 4.79 Å². The van der Waals surface area contributed by atoms with E-state index in [-0.39, 0.29) is 5.97 Å². The van der Waals surface area contributed by atoms with Crippen LogP contribution >= 0.6 is 0 Å². The number of rotatable bonds is 5. The van der Waals surface area contributed by atoms with E-state index in [1.54, 1.807) is 0 Å². The first-order valence-corrected chi connectivity index (χ1v) is 4.68. The largest absolute Gasteiger partial charge is 0.469 e. The zero-order valence-corrected chi connectivity index (χ0v) is 8.40. The number of nitrogens with zero attached hydrogens (tertiary/aromatic N) is 1. The smallest absolute Gasteiger partial charge is 0.305 e. The molecule has 0 aromatic carbocycles. The molecule has 1 aromatic heterocycles. The van der Waals surface area contributed by atoms with Gasteiger partial charge in [-0.1, -0.05) is 0 Å². The van der Waals surface area contributed by atoms with Gasteiger partial charge < -0.3 is 15.0 Å². The van der Waals surface area contributed by atoms with Crippen molar-refractivity contribution in [1.29, 1.82) is 0 Å². The van der Waals surface area contributed by atoms with E-state index in [1.165, 1.54) is 7.11 Å². The van der Waals surface area contributed by atoms with Gasteiger partial charge in [0.05, 0.1) is 7.11 Å². The molecule has 0 saturated carbocycles. The number of aromatic nitrogens is 1. The molecule has 0 aliphatic rings. The Hall–Kier alpha value is -1.29. The van der Waals surface area contributed by atoms with Gasteiger partial charge >= 0.3 is 5.97 Å². The highest BCUT2D eigenvalue weighted by Gasteiger charge is 2.00. The SMILES string of the molecule is COC(=O)CCCn1ccc(CN)c1. The fraction of sp³-hybridized carbons (Fsp3) is 0.500. The van der Waals surface area contributed by atoms with Crippen molar-refractivity contribution in [2.24, 2.45) is 5.73 Å². The predicted molar refractivity (Wildman–Crippen MR) is 53.6 cm³/mol. The summed E-state index contributed by atoms with van der Waals surface area (Å²) < 4.78 is 6.58. The van der Waals surface area contributed by atoms with E-state index in [4.69, 9.17) is 5.73 Å². The lowest BCUT2D eigenvalue weighted by atomic mass is 10.3. The number of hydrogen-bond donors (Lipinski definition) is 1. The molecule has 0 amide bonds. The van der Waals surface area contributed by atoms with Crippen LogP contribution in [0.2, 0.25) is 0 Å². The van der Waals surface area contributed by atoms with E-state index in [1.807, 2.05) is 23.0 Å². The summed E-state index contributed by atoms with van der Waals surface area (Å²) in [6.07, 6.45) is 5.23. The summed E-state index contributed by atoms with van der Waals surface area (Å²) >= 11 is 0. The van der Waals surface area contributed by atoms with Crippen molar-refractivity contribution in [3.8, 4) is 0 Å². The first-order valence-electron chi connectivity index (χ1n) is 4.68. The molecular formula is C10H16N2O2. The Morgan fingerprint density at radius 2 is 2.43 bits per heavy atom. The quantitative estimate of drug-likeness (QED) is 0.712. The highest BCUT2D eigenvalue weighted by Crippen LogP contribution is 2.02. The topological polar surface area (TPSA) is 57.2 Å². The maximum absolute atomic E-state index is 10.8. The first-order chi connectivity index (χ1) is 6.76. The normalized spacial score (nSPS) is 10.1. The number of carbonyl (C=O) groups excluding carboxylic acids is 1. The first kappa shape index (κ1) is 10.8. The third kappa shape index (κ3) is 3.22. The van der Waals surface area contributed by atoms with Gasteiger partial charge in [-0.15, -0.1) is 0 Å². The molecule has 1 aromatic rings. The van der Waals surface area contributed by atoms with Gasteiger partial charge in [0.25, 0.3) is 0 Å². The molecule has 78 valence electrons. The van der Waals surface area contributed by atoms with E-state index in [2.05, 4.69) is 4.74 Å². The lowest BCUT2D eigenvalue weighted by Gasteiger charge is -2.01. The summed E-state index contributed by atoms with van der Waals surface area (Å²) in [7, 11) is 1.41. The highest BCUT2D eigenvalue weighted by atomic mass is 16.5. The van der Waals surface area contributed by atoms with Crippen LogP contribution in [-0.2, 0) is 22.6 Å². The van der Waals surface area contributed by atoms with E-state index in [0.717, 1.165) is 18.5 Å². The van der Waals surface area contributed by atoms with Crippen LogP contribution < -0.4 is 5.73 Å². The number of methoxy groups -OCH3 is 1. The minimum absolute atomic E-state index is 0.156. The monoisotopic (exact) mass is 196 g/mol. The molecule has 4 nitrogen and oxygen atoms in total. The molecule has 1 rings (SSSR count). The van der Waals surface area contributed by atoms with Crippen molar-refractivity contribution in [3.63, 3.8) is 0 Å². The van der Waals surface area contributed by atoms with Gasteiger partial charge in [-0.2, -0.15) is 0 Å². The van der Waals surface area contributed by atoms with Crippen molar-refractivity contribution in [2.45, 2.75) is 25.9 Å². The summed E-state index contributed by atoms with van der Waals surface area (Å²) in [5.74, 6) is -0.156. The number of carbonyl (C=O) groups is 1. The zero-order chi connectivity index (χ0) is 10.4. The van der Waals surface area contributed by atoms with E-state index < -0.39 is 0 Å². The van der Waals surface area contributed by atoms with Gasteiger partial charge in [-0.3, -0.25) is 4.79 Å². The minimum atomic E-state index is -0.156. The number of esters is 1. The molecule has 0 atom stereocenters. The maximum Gasteiger partial charge on any atom is 0.305 e. The summed E-state index contributed by atoms with van der Waals surface area (Å²) in [4.78, 5) is 10.8. The Morgan fingerprint density at radius 3 is 3.00 bits per heavy atom. The lowest BCUT2D eigenvalue weighted by molar-refractivity contribution is -0.140. The van der Waals surface area contributed by atoms with Crippen LogP contribution in [-0.4, -0.2) is 17.6 Å². The third-order valence-electron chi connectivity index (χ3n) is 2.07. The van der Waals surface area contributed by atoms with Crippen LogP contribution in [0.15, 0.2) is 18.5 Å². The van der Waals surface area contributed by atoms with Crippen molar-refractivity contribution in [1.82, 2.24) is 4.57 Å². The Bertz CT molecular complexity index is 294. The van der Waals surface area contributed by atoms with Crippen molar-refractivity contribution >= 4 is 5.97 Å². The number of hydrogen-bond acceptors (Lipinski definition) is 3. The molecule has 0 fully saturated rings. The standard InChI is InChI=1S/C10H16N2O2/c1-14-10(13)3-2-5-12-6-4-9(7-11)8-12/h4,6,8H,2-3,5,7,11H2,1H3. The van der Waals surface area contributed by atoms with Gasteiger partial charge in [0.1, 0.15) is 0 Å². The fourth-order valence-corrected chi connectivity index (χ4v) is 1.26. The average Bonchev–Trinajstić information content (AvgIpc) is 2.65. The van der Waals surface area contributed by atoms with Crippen molar-refractivity contribution in [2.75, 3.05) is 7.11 Å². The summed E-state index contributed by atoms with van der Waals surface area (Å²) in [6, 6.07) is 1.98. The van der Waals surface area contributed by atoms with Crippen LogP contribution in [0, 0.1) is 0 Å². The van der Waals surface area contributed by atoms with Crippen LogP contribution in [0.3, 0.4) is 0 Å². The molecular weight excluding hydrogens is 180 g/mol. The second-order valence-electron chi connectivity index (χ2n) is 3.14. The Labute approximate surface area is 83.7 Å². The van der Waals surface area contributed by atoms with Gasteiger partial charge in [0.2, 0.25) is 0 Å². The predicted octanol–water partition coefficient (Wildman–Crippen LogP) is 0.900. The summed E-state index contributed by atoms with van der Waals surface area (Å²) in [5.41, 5.74) is 6.59. The zero-order valence-electron chi connectivity index (χ0n) is 8.40. The Kier molecular flexibility index (Phi) is 4.19. The van der Waals surface area contributed by atoms with Crippen LogP contribution in [0.25, 0.3) is 0 Å². The maximum atomic E-state index is 10.8. The lowest BCUT2D eigenvalue weighted by Crippen LogP contribution is -2.03. The summed E-state index contributed by atoms with van der Waals surface area (Å²) in [6.45, 7) is 1.39. The van der Waals surface area contributed by atoms with Crippen molar-refractivity contribution in [3.05, 3.63) is 24.0 Å². The van der Waals surface area contributed by atoms with Gasteiger partial charge in [-0.05, 0) is 18.1 Å². The molecule has 2 N–H and O–H groups in total. The van der Waals surface area contributed by atoms with E-state index >= 15 is 0 Å².